The monoisotopic (exact) mass is 252 g/mol. The summed E-state index contributed by atoms with van der Waals surface area (Å²) in [4.78, 5) is 15.1. The lowest BCUT2D eigenvalue weighted by Crippen LogP contribution is -2.31. The molecule has 4 nitrogen and oxygen atoms in total. The zero-order valence-electron chi connectivity index (χ0n) is 10.6. The Kier molecular flexibility index (Phi) is 3.52. The van der Waals surface area contributed by atoms with Crippen LogP contribution in [0.1, 0.15) is 17.2 Å². The molecule has 1 heterocycles. The van der Waals surface area contributed by atoms with Crippen molar-refractivity contribution in [3.63, 3.8) is 0 Å². The first-order valence-electron chi connectivity index (χ1n) is 5.93. The second kappa shape index (κ2) is 4.94. The SMILES string of the molecule is Cc1cc(C2CN(CCO)C(=O)N2C)ccc1F. The molecule has 5 heteroatoms. The van der Waals surface area contributed by atoms with E-state index in [0.29, 0.717) is 18.7 Å². The van der Waals surface area contributed by atoms with Gasteiger partial charge in [0.2, 0.25) is 0 Å². The topological polar surface area (TPSA) is 43.8 Å². The Hall–Kier alpha value is -1.62. The predicted molar refractivity (Wildman–Crippen MR) is 65.7 cm³/mol. The van der Waals surface area contributed by atoms with Gasteiger partial charge in [-0.3, -0.25) is 0 Å². The molecule has 2 amide bonds. The fraction of sp³-hybridized carbons (Fsp3) is 0.462. The van der Waals surface area contributed by atoms with Crippen LogP contribution >= 0.6 is 0 Å². The molecule has 0 bridgehead atoms. The van der Waals surface area contributed by atoms with Crippen molar-refractivity contribution < 1.29 is 14.3 Å². The molecule has 1 aromatic carbocycles. The number of hydrogen-bond donors (Lipinski definition) is 1. The zero-order chi connectivity index (χ0) is 13.3. The van der Waals surface area contributed by atoms with Gasteiger partial charge in [-0.25, -0.2) is 9.18 Å². The van der Waals surface area contributed by atoms with E-state index in [9.17, 15) is 9.18 Å². The van der Waals surface area contributed by atoms with Crippen LogP contribution in [0.15, 0.2) is 18.2 Å². The minimum atomic E-state index is -0.238. The van der Waals surface area contributed by atoms with Gasteiger partial charge in [0, 0.05) is 20.1 Å². The summed E-state index contributed by atoms with van der Waals surface area (Å²) in [5, 5.41) is 8.91. The Labute approximate surface area is 106 Å². The average molecular weight is 252 g/mol. The van der Waals surface area contributed by atoms with Gasteiger partial charge < -0.3 is 14.9 Å². The second-order valence-corrected chi connectivity index (χ2v) is 4.59. The maximum absolute atomic E-state index is 13.2. The van der Waals surface area contributed by atoms with Gasteiger partial charge in [-0.05, 0) is 24.1 Å². The fourth-order valence-corrected chi connectivity index (χ4v) is 2.28. The number of hydrogen-bond acceptors (Lipinski definition) is 2. The Morgan fingerprint density at radius 2 is 2.22 bits per heavy atom. The summed E-state index contributed by atoms with van der Waals surface area (Å²) in [6, 6.07) is 4.72. The molecule has 1 fully saturated rings. The van der Waals surface area contributed by atoms with Crippen molar-refractivity contribution in [1.29, 1.82) is 0 Å². The van der Waals surface area contributed by atoms with Crippen LogP contribution in [0.2, 0.25) is 0 Å². The number of halogens is 1. The van der Waals surface area contributed by atoms with E-state index in [1.54, 1.807) is 35.9 Å². The maximum atomic E-state index is 13.2. The summed E-state index contributed by atoms with van der Waals surface area (Å²) >= 11 is 0. The van der Waals surface area contributed by atoms with Crippen LogP contribution in [0, 0.1) is 12.7 Å². The summed E-state index contributed by atoms with van der Waals surface area (Å²) in [6.07, 6.45) is 0. The smallest absolute Gasteiger partial charge is 0.320 e. The van der Waals surface area contributed by atoms with Crippen LogP contribution in [0.4, 0.5) is 9.18 Å². The van der Waals surface area contributed by atoms with Crippen LogP contribution in [-0.2, 0) is 0 Å². The van der Waals surface area contributed by atoms with Crippen LogP contribution in [0.5, 0.6) is 0 Å². The maximum Gasteiger partial charge on any atom is 0.320 e. The Morgan fingerprint density at radius 1 is 1.50 bits per heavy atom. The van der Waals surface area contributed by atoms with Crippen molar-refractivity contribution in [3.8, 4) is 0 Å². The van der Waals surface area contributed by atoms with Crippen LogP contribution in [0.25, 0.3) is 0 Å². The fourth-order valence-electron chi connectivity index (χ4n) is 2.28. The van der Waals surface area contributed by atoms with E-state index in [4.69, 9.17) is 5.11 Å². The Balaban J connectivity index is 2.23. The van der Waals surface area contributed by atoms with Crippen molar-refractivity contribution in [1.82, 2.24) is 9.80 Å². The van der Waals surface area contributed by atoms with Crippen LogP contribution < -0.4 is 0 Å². The standard InChI is InChI=1S/C13H17FN2O2/c1-9-7-10(3-4-11(9)14)12-8-16(5-6-17)13(18)15(12)2/h3-4,7,12,17H,5-6,8H2,1-2H3. The molecular weight excluding hydrogens is 235 g/mol. The molecule has 0 spiro atoms. The molecule has 1 aromatic rings. The van der Waals surface area contributed by atoms with Gasteiger partial charge in [-0.15, -0.1) is 0 Å². The number of urea groups is 1. The first-order valence-corrected chi connectivity index (χ1v) is 5.93. The second-order valence-electron chi connectivity index (χ2n) is 4.59. The molecule has 1 atom stereocenters. The van der Waals surface area contributed by atoms with Gasteiger partial charge in [0.25, 0.3) is 0 Å². The number of aliphatic hydroxyl groups excluding tert-OH is 1. The lowest BCUT2D eigenvalue weighted by atomic mass is 10.0. The summed E-state index contributed by atoms with van der Waals surface area (Å²) in [5.74, 6) is -0.238. The van der Waals surface area contributed by atoms with Crippen molar-refractivity contribution in [3.05, 3.63) is 35.1 Å². The highest BCUT2D eigenvalue weighted by molar-refractivity contribution is 5.77. The van der Waals surface area contributed by atoms with E-state index in [0.717, 1.165) is 5.56 Å². The lowest BCUT2D eigenvalue weighted by Gasteiger charge is -2.18. The summed E-state index contributed by atoms with van der Waals surface area (Å²) in [5.41, 5.74) is 1.50. The van der Waals surface area contributed by atoms with Gasteiger partial charge >= 0.3 is 6.03 Å². The van der Waals surface area contributed by atoms with E-state index in [2.05, 4.69) is 0 Å². The third-order valence-electron chi connectivity index (χ3n) is 3.37. The average Bonchev–Trinajstić information content (AvgIpc) is 2.62. The number of carbonyl (C=O) groups excluding carboxylic acids is 1. The van der Waals surface area contributed by atoms with Gasteiger partial charge in [0.1, 0.15) is 5.82 Å². The van der Waals surface area contributed by atoms with E-state index in [1.807, 2.05) is 0 Å². The minimum absolute atomic E-state index is 0.0469. The molecule has 0 aliphatic carbocycles. The highest BCUT2D eigenvalue weighted by Crippen LogP contribution is 2.28. The molecule has 18 heavy (non-hydrogen) atoms. The first kappa shape index (κ1) is 12.8. The highest BCUT2D eigenvalue weighted by atomic mass is 19.1. The first-order chi connectivity index (χ1) is 8.54. The quantitative estimate of drug-likeness (QED) is 0.886. The molecule has 1 N–H and O–H groups in total. The lowest BCUT2D eigenvalue weighted by molar-refractivity contribution is 0.182. The molecule has 1 saturated heterocycles. The van der Waals surface area contributed by atoms with E-state index >= 15 is 0 Å². The van der Waals surface area contributed by atoms with Crippen molar-refractivity contribution in [2.45, 2.75) is 13.0 Å². The number of likely N-dealkylation sites (N-methyl/N-ethyl adjacent to an activating group) is 1. The molecule has 1 unspecified atom stereocenters. The van der Waals surface area contributed by atoms with E-state index in [1.165, 1.54) is 6.07 Å². The molecule has 0 radical (unpaired) electrons. The van der Waals surface area contributed by atoms with Gasteiger partial charge in [0.05, 0.1) is 12.6 Å². The molecule has 98 valence electrons. The number of amides is 2. The summed E-state index contributed by atoms with van der Waals surface area (Å²) in [6.45, 7) is 2.52. The Bertz CT molecular complexity index is 464. The number of β-amino-alcohol motifs (C(OH)–C–C–N with tert-alkyl or cyclic N) is 1. The van der Waals surface area contributed by atoms with Crippen molar-refractivity contribution in [2.24, 2.45) is 0 Å². The van der Waals surface area contributed by atoms with E-state index in [-0.39, 0.29) is 24.5 Å². The number of aryl methyl sites for hydroxylation is 1. The molecular formula is C13H17FN2O2. The zero-order valence-corrected chi connectivity index (χ0v) is 10.6. The van der Waals surface area contributed by atoms with Crippen LogP contribution in [-0.4, -0.2) is 47.7 Å². The Morgan fingerprint density at radius 3 is 2.83 bits per heavy atom. The van der Waals surface area contributed by atoms with Gasteiger partial charge in [-0.1, -0.05) is 12.1 Å². The number of carbonyl (C=O) groups is 1. The third-order valence-corrected chi connectivity index (χ3v) is 3.37. The predicted octanol–water partition coefficient (Wildman–Crippen LogP) is 1.53. The molecule has 2 rings (SSSR count). The number of nitrogens with zero attached hydrogens (tertiary/aromatic N) is 2. The van der Waals surface area contributed by atoms with Crippen molar-refractivity contribution in [2.75, 3.05) is 26.7 Å². The summed E-state index contributed by atoms with van der Waals surface area (Å²) < 4.78 is 13.2. The van der Waals surface area contributed by atoms with E-state index < -0.39 is 0 Å². The number of aliphatic hydroxyl groups is 1. The highest BCUT2D eigenvalue weighted by Gasteiger charge is 2.35. The number of benzene rings is 1. The van der Waals surface area contributed by atoms with Gasteiger partial charge in [0.15, 0.2) is 0 Å². The normalized spacial score (nSPS) is 19.8. The molecule has 0 aromatic heterocycles. The van der Waals surface area contributed by atoms with Gasteiger partial charge in [-0.2, -0.15) is 0 Å². The largest absolute Gasteiger partial charge is 0.395 e. The van der Waals surface area contributed by atoms with Crippen LogP contribution in [0.3, 0.4) is 0 Å². The number of rotatable bonds is 3. The molecule has 1 aliphatic rings. The minimum Gasteiger partial charge on any atom is -0.395 e. The molecule has 1 aliphatic heterocycles. The molecule has 0 saturated carbocycles. The summed E-state index contributed by atoms with van der Waals surface area (Å²) in [7, 11) is 1.73. The third kappa shape index (κ3) is 2.18. The van der Waals surface area contributed by atoms with Crippen molar-refractivity contribution >= 4 is 6.03 Å².